The van der Waals surface area contributed by atoms with Gasteiger partial charge in [-0.2, -0.15) is 0 Å². The van der Waals surface area contributed by atoms with E-state index in [2.05, 4.69) is 21.1 Å². The van der Waals surface area contributed by atoms with Crippen LogP contribution >= 0.6 is 39.1 Å². The first-order chi connectivity index (χ1) is 10.1. The Kier molecular flexibility index (Phi) is 3.93. The molecule has 0 aliphatic carbocycles. The van der Waals surface area contributed by atoms with E-state index in [1.54, 1.807) is 12.1 Å². The Morgan fingerprint density at radius 2 is 1.62 bits per heavy atom. The number of hydrogen-bond donors (Lipinski definition) is 1. The van der Waals surface area contributed by atoms with Gasteiger partial charge in [-0.3, -0.25) is 0 Å². The fraction of sp³-hybridized carbons (Fsp3) is 0. The summed E-state index contributed by atoms with van der Waals surface area (Å²) in [5, 5.41) is 4.79. The number of halogens is 3. The number of nitrogens with zero attached hydrogens (tertiary/aromatic N) is 1. The van der Waals surface area contributed by atoms with Gasteiger partial charge < -0.3 is 10.3 Å². The lowest BCUT2D eigenvalue weighted by atomic mass is 10.0. The summed E-state index contributed by atoms with van der Waals surface area (Å²) in [5.74, 6) is 0.895. The summed E-state index contributed by atoms with van der Waals surface area (Å²) < 4.78 is 6.36. The molecule has 3 aromatic rings. The van der Waals surface area contributed by atoms with Gasteiger partial charge in [0.15, 0.2) is 11.6 Å². The maximum Gasteiger partial charge on any atom is 0.176 e. The van der Waals surface area contributed by atoms with Crippen LogP contribution in [0, 0.1) is 0 Å². The van der Waals surface area contributed by atoms with Crippen molar-refractivity contribution in [3.05, 3.63) is 57.0 Å². The standard InChI is InChI=1S/C15H9BrCl2N2O/c16-10-4-1-8(2-5-10)13-14(21-20-15(13)19)9-3-6-11(17)12(18)7-9/h1-7H,(H2,19,20). The largest absolute Gasteiger partial charge is 0.380 e. The van der Waals surface area contributed by atoms with E-state index in [-0.39, 0.29) is 0 Å². The van der Waals surface area contributed by atoms with E-state index in [4.69, 9.17) is 33.5 Å². The predicted octanol–water partition coefficient (Wildman–Crippen LogP) is 5.66. The van der Waals surface area contributed by atoms with Crippen molar-refractivity contribution in [3.63, 3.8) is 0 Å². The van der Waals surface area contributed by atoms with E-state index in [0.717, 1.165) is 21.2 Å². The van der Waals surface area contributed by atoms with Gasteiger partial charge in [0.25, 0.3) is 0 Å². The van der Waals surface area contributed by atoms with Gasteiger partial charge in [0.2, 0.25) is 0 Å². The number of anilines is 1. The molecule has 1 aromatic heterocycles. The summed E-state index contributed by atoms with van der Waals surface area (Å²) >= 11 is 15.4. The highest BCUT2D eigenvalue weighted by molar-refractivity contribution is 9.10. The molecule has 1 heterocycles. The van der Waals surface area contributed by atoms with Crippen LogP contribution in [0.4, 0.5) is 5.82 Å². The predicted molar refractivity (Wildman–Crippen MR) is 89.5 cm³/mol. The van der Waals surface area contributed by atoms with Crippen molar-refractivity contribution >= 4 is 44.9 Å². The number of aromatic nitrogens is 1. The quantitative estimate of drug-likeness (QED) is 0.621. The molecule has 106 valence electrons. The summed E-state index contributed by atoms with van der Waals surface area (Å²) in [6.45, 7) is 0. The van der Waals surface area contributed by atoms with Crippen LogP contribution in [0.5, 0.6) is 0 Å². The second-order valence-electron chi connectivity index (χ2n) is 4.41. The van der Waals surface area contributed by atoms with E-state index >= 15 is 0 Å². The third kappa shape index (κ3) is 2.79. The fourth-order valence-corrected chi connectivity index (χ4v) is 2.59. The van der Waals surface area contributed by atoms with Crippen LogP contribution in [-0.4, -0.2) is 5.16 Å². The summed E-state index contributed by atoms with van der Waals surface area (Å²) in [7, 11) is 0. The van der Waals surface area contributed by atoms with Crippen LogP contribution in [-0.2, 0) is 0 Å². The number of benzene rings is 2. The maximum atomic E-state index is 6.06. The molecule has 0 spiro atoms. The minimum atomic E-state index is 0.332. The maximum absolute atomic E-state index is 6.06. The second-order valence-corrected chi connectivity index (χ2v) is 6.14. The van der Waals surface area contributed by atoms with Crippen LogP contribution in [0.1, 0.15) is 0 Å². The molecule has 3 rings (SSSR count). The first-order valence-corrected chi connectivity index (χ1v) is 7.57. The monoisotopic (exact) mass is 382 g/mol. The third-order valence-corrected chi connectivity index (χ3v) is 4.30. The van der Waals surface area contributed by atoms with Crippen LogP contribution in [0.25, 0.3) is 22.5 Å². The van der Waals surface area contributed by atoms with E-state index in [1.807, 2.05) is 30.3 Å². The van der Waals surface area contributed by atoms with Gasteiger partial charge in [0.1, 0.15) is 0 Å². The van der Waals surface area contributed by atoms with Crippen LogP contribution in [0.15, 0.2) is 51.5 Å². The Hall–Kier alpha value is -1.49. The molecule has 0 unspecified atom stereocenters. The van der Waals surface area contributed by atoms with Crippen LogP contribution in [0.2, 0.25) is 10.0 Å². The molecule has 0 atom stereocenters. The summed E-state index contributed by atoms with van der Waals surface area (Å²) in [6, 6.07) is 13.0. The normalized spacial score (nSPS) is 10.8. The van der Waals surface area contributed by atoms with Crippen molar-refractivity contribution in [2.45, 2.75) is 0 Å². The van der Waals surface area contributed by atoms with Crippen molar-refractivity contribution in [1.82, 2.24) is 5.16 Å². The van der Waals surface area contributed by atoms with Gasteiger partial charge in [-0.05, 0) is 35.9 Å². The molecule has 21 heavy (non-hydrogen) atoms. The molecule has 0 saturated heterocycles. The topological polar surface area (TPSA) is 52.0 Å². The third-order valence-electron chi connectivity index (χ3n) is 3.03. The van der Waals surface area contributed by atoms with E-state index in [9.17, 15) is 0 Å². The number of nitrogens with two attached hydrogens (primary N) is 1. The Bertz CT molecular complexity index is 800. The van der Waals surface area contributed by atoms with Crippen molar-refractivity contribution in [1.29, 1.82) is 0 Å². The summed E-state index contributed by atoms with van der Waals surface area (Å²) in [4.78, 5) is 0. The second kappa shape index (κ2) is 5.72. The van der Waals surface area contributed by atoms with Crippen LogP contribution < -0.4 is 5.73 Å². The molecule has 0 radical (unpaired) electrons. The first-order valence-electron chi connectivity index (χ1n) is 6.03. The summed E-state index contributed by atoms with van der Waals surface area (Å²) in [6.07, 6.45) is 0. The van der Waals surface area contributed by atoms with Gasteiger partial charge in [0, 0.05) is 10.0 Å². The summed E-state index contributed by atoms with van der Waals surface area (Å²) in [5.41, 5.74) is 8.36. The van der Waals surface area contributed by atoms with Gasteiger partial charge in [0.05, 0.1) is 15.6 Å². The lowest BCUT2D eigenvalue weighted by Gasteiger charge is -2.04. The molecule has 0 aliphatic heterocycles. The Morgan fingerprint density at radius 3 is 2.29 bits per heavy atom. The molecular formula is C15H9BrCl2N2O. The van der Waals surface area contributed by atoms with Crippen molar-refractivity contribution < 1.29 is 4.52 Å². The van der Waals surface area contributed by atoms with Crippen molar-refractivity contribution in [2.24, 2.45) is 0 Å². The number of rotatable bonds is 2. The molecule has 3 nitrogen and oxygen atoms in total. The Balaban J connectivity index is 2.16. The zero-order valence-corrected chi connectivity index (χ0v) is 13.7. The molecule has 0 aliphatic rings. The average molecular weight is 384 g/mol. The highest BCUT2D eigenvalue weighted by Crippen LogP contribution is 2.38. The van der Waals surface area contributed by atoms with E-state index in [1.165, 1.54) is 0 Å². The average Bonchev–Trinajstić information content (AvgIpc) is 2.85. The molecule has 0 saturated carbocycles. The number of hydrogen-bond acceptors (Lipinski definition) is 3. The molecule has 0 bridgehead atoms. The molecule has 6 heteroatoms. The zero-order valence-electron chi connectivity index (χ0n) is 10.6. The lowest BCUT2D eigenvalue weighted by Crippen LogP contribution is -1.89. The number of nitrogen functional groups attached to an aromatic ring is 1. The highest BCUT2D eigenvalue weighted by Gasteiger charge is 2.18. The lowest BCUT2D eigenvalue weighted by molar-refractivity contribution is 0.436. The molecular weight excluding hydrogens is 375 g/mol. The Labute approximate surface area is 139 Å². The first kappa shape index (κ1) is 14.4. The highest BCUT2D eigenvalue weighted by atomic mass is 79.9. The minimum Gasteiger partial charge on any atom is -0.380 e. The molecule has 2 N–H and O–H groups in total. The van der Waals surface area contributed by atoms with Crippen molar-refractivity contribution in [3.8, 4) is 22.5 Å². The van der Waals surface area contributed by atoms with E-state index in [0.29, 0.717) is 21.6 Å². The zero-order chi connectivity index (χ0) is 15.0. The SMILES string of the molecule is Nc1noc(-c2ccc(Cl)c(Cl)c2)c1-c1ccc(Br)cc1. The molecule has 0 fully saturated rings. The van der Waals surface area contributed by atoms with Gasteiger partial charge >= 0.3 is 0 Å². The smallest absolute Gasteiger partial charge is 0.176 e. The molecule has 0 amide bonds. The van der Waals surface area contributed by atoms with Gasteiger partial charge in [-0.25, -0.2) is 0 Å². The Morgan fingerprint density at radius 1 is 0.952 bits per heavy atom. The van der Waals surface area contributed by atoms with Crippen LogP contribution in [0.3, 0.4) is 0 Å². The van der Waals surface area contributed by atoms with E-state index < -0.39 is 0 Å². The van der Waals surface area contributed by atoms with Gasteiger partial charge in [-0.1, -0.05) is 56.4 Å². The van der Waals surface area contributed by atoms with Gasteiger partial charge in [-0.15, -0.1) is 0 Å². The fourth-order valence-electron chi connectivity index (χ4n) is 2.03. The minimum absolute atomic E-state index is 0.332. The molecule has 2 aromatic carbocycles. The van der Waals surface area contributed by atoms with Crippen molar-refractivity contribution in [2.75, 3.05) is 5.73 Å².